The van der Waals surface area contributed by atoms with Crippen LogP contribution in [0.3, 0.4) is 0 Å². The van der Waals surface area contributed by atoms with Crippen LogP contribution in [0.2, 0.25) is 0 Å². The maximum absolute atomic E-state index is 11.7. The van der Waals surface area contributed by atoms with Gasteiger partial charge >= 0.3 is 5.97 Å². The summed E-state index contributed by atoms with van der Waals surface area (Å²) in [7, 11) is 0. The standard InChI is InChI=1S/C28H31NO3/c30-27(23-8-2-1-3-9-23)19-29-17-16-20-10-12-21(13-11-20)24-14-15-25(28(31)32)26(18-24)22-6-4-5-7-22/h1-3,8-15,18,22,27,29-30H,4-7,16-17,19H2,(H,31,32)/t27-/m0/s1. The summed E-state index contributed by atoms with van der Waals surface area (Å²) in [4.78, 5) is 11.7. The van der Waals surface area contributed by atoms with Crippen molar-refractivity contribution in [2.45, 2.75) is 44.1 Å². The molecule has 1 atom stereocenters. The summed E-state index contributed by atoms with van der Waals surface area (Å²) in [6.07, 6.45) is 4.90. The maximum atomic E-state index is 11.7. The molecule has 0 aliphatic heterocycles. The van der Waals surface area contributed by atoms with Gasteiger partial charge in [-0.05, 0) is 65.6 Å². The molecule has 0 heterocycles. The van der Waals surface area contributed by atoms with Gasteiger partial charge in [-0.25, -0.2) is 4.79 Å². The van der Waals surface area contributed by atoms with Crippen molar-refractivity contribution >= 4 is 5.97 Å². The predicted molar refractivity (Wildman–Crippen MR) is 128 cm³/mol. The average molecular weight is 430 g/mol. The maximum Gasteiger partial charge on any atom is 0.335 e. The van der Waals surface area contributed by atoms with Crippen LogP contribution in [-0.2, 0) is 6.42 Å². The number of rotatable bonds is 9. The molecule has 166 valence electrons. The molecule has 3 aromatic carbocycles. The van der Waals surface area contributed by atoms with E-state index in [-0.39, 0.29) is 0 Å². The highest BCUT2D eigenvalue weighted by Gasteiger charge is 2.23. The summed E-state index contributed by atoms with van der Waals surface area (Å²) in [5, 5.41) is 23.2. The summed E-state index contributed by atoms with van der Waals surface area (Å²) >= 11 is 0. The number of aliphatic hydroxyl groups is 1. The van der Waals surface area contributed by atoms with Crippen LogP contribution in [0.4, 0.5) is 0 Å². The van der Waals surface area contributed by atoms with Gasteiger partial charge in [-0.15, -0.1) is 0 Å². The minimum atomic E-state index is -0.835. The molecule has 1 saturated carbocycles. The van der Waals surface area contributed by atoms with Crippen molar-refractivity contribution in [3.8, 4) is 11.1 Å². The second kappa shape index (κ2) is 10.6. The Morgan fingerprint density at radius 2 is 1.62 bits per heavy atom. The number of hydrogen-bond donors (Lipinski definition) is 3. The van der Waals surface area contributed by atoms with Gasteiger partial charge in [-0.3, -0.25) is 0 Å². The first-order valence-electron chi connectivity index (χ1n) is 11.5. The Hall–Kier alpha value is -2.95. The van der Waals surface area contributed by atoms with Crippen LogP contribution in [0.15, 0.2) is 72.8 Å². The van der Waals surface area contributed by atoms with Gasteiger partial charge in [-0.2, -0.15) is 0 Å². The van der Waals surface area contributed by atoms with Crippen LogP contribution in [0.25, 0.3) is 11.1 Å². The zero-order chi connectivity index (χ0) is 22.3. The zero-order valence-electron chi connectivity index (χ0n) is 18.3. The van der Waals surface area contributed by atoms with Gasteiger partial charge in [0.1, 0.15) is 0 Å². The fourth-order valence-corrected chi connectivity index (χ4v) is 4.64. The molecule has 3 N–H and O–H groups in total. The fraction of sp³-hybridized carbons (Fsp3) is 0.321. The monoisotopic (exact) mass is 429 g/mol. The van der Waals surface area contributed by atoms with Gasteiger partial charge in [0, 0.05) is 6.54 Å². The molecular formula is C28H31NO3. The number of carboxylic acid groups (broad SMARTS) is 1. The van der Waals surface area contributed by atoms with E-state index in [4.69, 9.17) is 0 Å². The fourth-order valence-electron chi connectivity index (χ4n) is 4.64. The highest BCUT2D eigenvalue weighted by molar-refractivity contribution is 5.90. The van der Waals surface area contributed by atoms with Crippen LogP contribution < -0.4 is 5.32 Å². The van der Waals surface area contributed by atoms with E-state index in [1.54, 1.807) is 6.07 Å². The molecule has 1 aliphatic rings. The Kier molecular flexibility index (Phi) is 7.35. The Morgan fingerprint density at radius 1 is 0.938 bits per heavy atom. The lowest BCUT2D eigenvalue weighted by molar-refractivity contribution is 0.0695. The summed E-state index contributed by atoms with van der Waals surface area (Å²) < 4.78 is 0. The molecule has 4 rings (SSSR count). The van der Waals surface area contributed by atoms with E-state index in [0.717, 1.165) is 48.1 Å². The quantitative estimate of drug-likeness (QED) is 0.389. The molecule has 0 amide bonds. The van der Waals surface area contributed by atoms with Gasteiger partial charge in [0.15, 0.2) is 0 Å². The Labute approximate surface area is 189 Å². The minimum Gasteiger partial charge on any atom is -0.478 e. The van der Waals surface area contributed by atoms with E-state index < -0.39 is 12.1 Å². The summed E-state index contributed by atoms with van der Waals surface area (Å²) in [6, 6.07) is 24.0. The third-order valence-electron chi connectivity index (χ3n) is 6.48. The summed E-state index contributed by atoms with van der Waals surface area (Å²) in [6.45, 7) is 1.32. The molecule has 0 unspecified atom stereocenters. The third-order valence-corrected chi connectivity index (χ3v) is 6.48. The molecule has 32 heavy (non-hydrogen) atoms. The molecule has 0 radical (unpaired) electrons. The Balaban J connectivity index is 1.36. The van der Waals surface area contributed by atoms with Crippen LogP contribution in [-0.4, -0.2) is 29.3 Å². The highest BCUT2D eigenvalue weighted by Crippen LogP contribution is 2.37. The van der Waals surface area contributed by atoms with Crippen molar-refractivity contribution in [1.29, 1.82) is 0 Å². The first-order chi connectivity index (χ1) is 15.6. The van der Waals surface area contributed by atoms with Gasteiger partial charge in [-0.1, -0.05) is 79.6 Å². The lowest BCUT2D eigenvalue weighted by atomic mass is 9.89. The van der Waals surface area contributed by atoms with Crippen molar-refractivity contribution in [3.63, 3.8) is 0 Å². The van der Waals surface area contributed by atoms with E-state index >= 15 is 0 Å². The molecule has 0 bridgehead atoms. The lowest BCUT2D eigenvalue weighted by Crippen LogP contribution is -2.23. The van der Waals surface area contributed by atoms with Crippen molar-refractivity contribution in [2.75, 3.05) is 13.1 Å². The first-order valence-corrected chi connectivity index (χ1v) is 11.5. The van der Waals surface area contributed by atoms with Crippen molar-refractivity contribution in [2.24, 2.45) is 0 Å². The summed E-state index contributed by atoms with van der Waals surface area (Å²) in [5.74, 6) is -0.476. The minimum absolute atomic E-state index is 0.359. The van der Waals surface area contributed by atoms with E-state index in [2.05, 4.69) is 35.6 Å². The van der Waals surface area contributed by atoms with Gasteiger partial charge in [0.25, 0.3) is 0 Å². The largest absolute Gasteiger partial charge is 0.478 e. The molecule has 3 aromatic rings. The zero-order valence-corrected chi connectivity index (χ0v) is 18.3. The van der Waals surface area contributed by atoms with Crippen LogP contribution >= 0.6 is 0 Å². The number of hydrogen-bond acceptors (Lipinski definition) is 3. The van der Waals surface area contributed by atoms with Gasteiger partial charge in [0.05, 0.1) is 11.7 Å². The number of nitrogens with one attached hydrogen (secondary N) is 1. The molecule has 0 saturated heterocycles. The molecule has 1 fully saturated rings. The van der Waals surface area contributed by atoms with E-state index in [0.29, 0.717) is 18.0 Å². The molecule has 0 aromatic heterocycles. The van der Waals surface area contributed by atoms with Crippen LogP contribution in [0.5, 0.6) is 0 Å². The normalized spacial score (nSPS) is 15.0. The molecule has 0 spiro atoms. The van der Waals surface area contributed by atoms with Crippen LogP contribution in [0, 0.1) is 0 Å². The molecule has 1 aliphatic carbocycles. The number of carboxylic acids is 1. The average Bonchev–Trinajstić information content (AvgIpc) is 3.37. The molecule has 4 heteroatoms. The van der Waals surface area contributed by atoms with Crippen molar-refractivity contribution in [3.05, 3.63) is 95.1 Å². The van der Waals surface area contributed by atoms with E-state index in [9.17, 15) is 15.0 Å². The van der Waals surface area contributed by atoms with Crippen LogP contribution in [0.1, 0.15) is 64.8 Å². The van der Waals surface area contributed by atoms with E-state index in [1.807, 2.05) is 36.4 Å². The number of aliphatic hydroxyl groups excluding tert-OH is 1. The second-order valence-electron chi connectivity index (χ2n) is 8.67. The smallest absolute Gasteiger partial charge is 0.335 e. The summed E-state index contributed by atoms with van der Waals surface area (Å²) in [5.41, 5.74) is 5.77. The third kappa shape index (κ3) is 5.45. The Bertz CT molecular complexity index is 1020. The number of benzene rings is 3. The SMILES string of the molecule is O=C(O)c1ccc(-c2ccc(CCNC[C@H](O)c3ccccc3)cc2)cc1C1CCCC1. The number of aromatic carboxylic acids is 1. The van der Waals surface area contributed by atoms with Crippen molar-refractivity contribution < 1.29 is 15.0 Å². The predicted octanol–water partition coefficient (Wildman–Crippen LogP) is 5.58. The second-order valence-corrected chi connectivity index (χ2v) is 8.67. The van der Waals surface area contributed by atoms with Gasteiger partial charge in [0.2, 0.25) is 0 Å². The Morgan fingerprint density at radius 3 is 2.31 bits per heavy atom. The lowest BCUT2D eigenvalue weighted by Gasteiger charge is -2.15. The molecule has 4 nitrogen and oxygen atoms in total. The number of carbonyl (C=O) groups is 1. The van der Waals surface area contributed by atoms with E-state index in [1.165, 1.54) is 18.4 Å². The van der Waals surface area contributed by atoms with Gasteiger partial charge < -0.3 is 15.5 Å². The molecular weight excluding hydrogens is 398 g/mol. The first kappa shape index (κ1) is 22.3. The van der Waals surface area contributed by atoms with Crippen molar-refractivity contribution in [1.82, 2.24) is 5.32 Å². The topological polar surface area (TPSA) is 69.6 Å². The highest BCUT2D eigenvalue weighted by atomic mass is 16.4.